The Morgan fingerprint density at radius 1 is 0.941 bits per heavy atom. The maximum atomic E-state index is 13.7. The lowest BCUT2D eigenvalue weighted by Gasteiger charge is -2.28. The van der Waals surface area contributed by atoms with E-state index in [2.05, 4.69) is 6.07 Å². The molecule has 5 rings (SSSR count). The molecule has 0 bridgehead atoms. The van der Waals surface area contributed by atoms with Crippen molar-refractivity contribution in [2.75, 3.05) is 6.54 Å². The molecule has 1 aliphatic heterocycles. The normalized spacial score (nSPS) is 12.9. The Balaban J connectivity index is 1.59. The van der Waals surface area contributed by atoms with Crippen LogP contribution in [0.2, 0.25) is 0 Å². The van der Waals surface area contributed by atoms with Gasteiger partial charge in [0.05, 0.1) is 16.3 Å². The number of aryl methyl sites for hydroxylation is 2. The van der Waals surface area contributed by atoms with Crippen LogP contribution in [0.25, 0.3) is 16.9 Å². The van der Waals surface area contributed by atoms with Gasteiger partial charge < -0.3 is 4.90 Å². The second-order valence-corrected chi connectivity index (χ2v) is 8.65. The second kappa shape index (κ2) is 8.59. The molecule has 0 unspecified atom stereocenters. The summed E-state index contributed by atoms with van der Waals surface area (Å²) in [6, 6.07) is 22.2. The molecule has 1 aliphatic rings. The lowest BCUT2D eigenvalue weighted by atomic mass is 9.99. The molecule has 3 aromatic carbocycles. The van der Waals surface area contributed by atoms with E-state index in [1.807, 2.05) is 55.1 Å². The number of hydrogen-bond donors (Lipinski definition) is 0. The number of amides is 1. The minimum Gasteiger partial charge on any atom is -0.333 e. The van der Waals surface area contributed by atoms with E-state index in [1.165, 1.54) is 27.9 Å². The molecule has 0 saturated carbocycles. The Labute approximate surface area is 197 Å². The largest absolute Gasteiger partial charge is 0.333 e. The molecule has 34 heavy (non-hydrogen) atoms. The number of nitro benzene ring substituents is 1. The Morgan fingerprint density at radius 3 is 2.50 bits per heavy atom. The predicted molar refractivity (Wildman–Crippen MR) is 130 cm³/mol. The quantitative estimate of drug-likeness (QED) is 0.312. The van der Waals surface area contributed by atoms with Gasteiger partial charge in [-0.25, -0.2) is 4.68 Å². The minimum absolute atomic E-state index is 0.0500. The van der Waals surface area contributed by atoms with Crippen LogP contribution in [0.15, 0.2) is 72.8 Å². The van der Waals surface area contributed by atoms with Crippen LogP contribution in [-0.4, -0.2) is 32.1 Å². The highest BCUT2D eigenvalue weighted by Gasteiger charge is 2.26. The van der Waals surface area contributed by atoms with Crippen LogP contribution in [-0.2, 0) is 13.0 Å². The van der Waals surface area contributed by atoms with E-state index >= 15 is 0 Å². The number of rotatable bonds is 4. The molecule has 0 N–H and O–H groups in total. The van der Waals surface area contributed by atoms with Crippen molar-refractivity contribution in [2.45, 2.75) is 26.8 Å². The topological polar surface area (TPSA) is 81.3 Å². The lowest BCUT2D eigenvalue weighted by molar-refractivity contribution is -0.384. The number of carbonyl (C=O) groups is 1. The van der Waals surface area contributed by atoms with Crippen molar-refractivity contribution in [2.24, 2.45) is 0 Å². The van der Waals surface area contributed by atoms with Crippen molar-refractivity contribution in [1.82, 2.24) is 14.7 Å². The summed E-state index contributed by atoms with van der Waals surface area (Å²) in [7, 11) is 0. The Kier molecular flexibility index (Phi) is 5.45. The molecule has 0 atom stereocenters. The first kappa shape index (κ1) is 21.6. The molecule has 7 nitrogen and oxygen atoms in total. The highest BCUT2D eigenvalue weighted by atomic mass is 16.6. The van der Waals surface area contributed by atoms with Crippen LogP contribution in [0, 0.1) is 24.0 Å². The van der Waals surface area contributed by atoms with Gasteiger partial charge in [0.15, 0.2) is 0 Å². The summed E-state index contributed by atoms with van der Waals surface area (Å²) in [5.74, 6) is -0.149. The molecule has 4 aromatic rings. The van der Waals surface area contributed by atoms with Gasteiger partial charge in [-0.1, -0.05) is 42.5 Å². The van der Waals surface area contributed by atoms with Gasteiger partial charge >= 0.3 is 0 Å². The fraction of sp³-hybridized carbons (Fsp3) is 0.185. The van der Waals surface area contributed by atoms with Gasteiger partial charge in [0.25, 0.3) is 11.6 Å². The van der Waals surface area contributed by atoms with Gasteiger partial charge in [-0.2, -0.15) is 5.10 Å². The first-order chi connectivity index (χ1) is 16.4. The number of hydrogen-bond acceptors (Lipinski definition) is 4. The summed E-state index contributed by atoms with van der Waals surface area (Å²) < 4.78 is 1.53. The maximum Gasteiger partial charge on any atom is 0.272 e. The van der Waals surface area contributed by atoms with Gasteiger partial charge in [-0.05, 0) is 60.7 Å². The summed E-state index contributed by atoms with van der Waals surface area (Å²) in [6.07, 6.45) is 0.789. The fourth-order valence-corrected chi connectivity index (χ4v) is 4.34. The average Bonchev–Trinajstić information content (AvgIpc) is 3.30. The van der Waals surface area contributed by atoms with Crippen LogP contribution in [0.1, 0.15) is 32.7 Å². The third-order valence-corrected chi connectivity index (χ3v) is 6.43. The van der Waals surface area contributed by atoms with Gasteiger partial charge in [-0.3, -0.25) is 14.9 Å². The molecule has 7 heteroatoms. The van der Waals surface area contributed by atoms with Crippen molar-refractivity contribution < 1.29 is 9.72 Å². The molecule has 170 valence electrons. The summed E-state index contributed by atoms with van der Waals surface area (Å²) in [5, 5.41) is 16.1. The second-order valence-electron chi connectivity index (χ2n) is 8.65. The first-order valence-electron chi connectivity index (χ1n) is 11.2. The number of aromatic nitrogens is 2. The zero-order valence-corrected chi connectivity index (χ0v) is 19.1. The van der Waals surface area contributed by atoms with Crippen molar-refractivity contribution in [3.05, 3.63) is 111 Å². The molecule has 2 heterocycles. The Morgan fingerprint density at radius 2 is 1.74 bits per heavy atom. The minimum atomic E-state index is -0.444. The zero-order chi connectivity index (χ0) is 23.8. The SMILES string of the molecule is Cc1ccc(-c2cc(C(=O)N3CCc4ccccc4C3)n(-c3cccc([N+](=O)[O-])c3)n2)cc1C. The summed E-state index contributed by atoms with van der Waals surface area (Å²) in [4.78, 5) is 26.5. The van der Waals surface area contributed by atoms with E-state index in [4.69, 9.17) is 5.10 Å². The lowest BCUT2D eigenvalue weighted by Crippen LogP contribution is -2.37. The highest BCUT2D eigenvalue weighted by molar-refractivity contribution is 5.94. The molecule has 0 fully saturated rings. The average molecular weight is 453 g/mol. The number of non-ortho nitro benzene ring substituents is 1. The predicted octanol–water partition coefficient (Wildman–Crippen LogP) is 5.26. The van der Waals surface area contributed by atoms with Crippen molar-refractivity contribution in [3.63, 3.8) is 0 Å². The third kappa shape index (κ3) is 3.96. The number of benzene rings is 3. The van der Waals surface area contributed by atoms with Crippen LogP contribution in [0.4, 0.5) is 5.69 Å². The van der Waals surface area contributed by atoms with Crippen LogP contribution in [0.3, 0.4) is 0 Å². The Hall–Kier alpha value is -4.26. The summed E-state index contributed by atoms with van der Waals surface area (Å²) in [5.41, 5.74) is 7.05. The number of nitrogens with zero attached hydrogens (tertiary/aromatic N) is 4. The molecule has 1 amide bonds. The third-order valence-electron chi connectivity index (χ3n) is 6.43. The first-order valence-corrected chi connectivity index (χ1v) is 11.2. The van der Waals surface area contributed by atoms with Crippen molar-refractivity contribution in [3.8, 4) is 16.9 Å². The molecule has 0 saturated heterocycles. The van der Waals surface area contributed by atoms with E-state index in [0.717, 1.165) is 23.1 Å². The maximum absolute atomic E-state index is 13.7. The summed E-state index contributed by atoms with van der Waals surface area (Å²) in [6.45, 7) is 5.21. The summed E-state index contributed by atoms with van der Waals surface area (Å²) >= 11 is 0. The molecule has 0 radical (unpaired) electrons. The van der Waals surface area contributed by atoms with E-state index in [1.54, 1.807) is 18.2 Å². The number of carbonyl (C=O) groups excluding carboxylic acids is 1. The van der Waals surface area contributed by atoms with E-state index in [9.17, 15) is 14.9 Å². The van der Waals surface area contributed by atoms with E-state index in [0.29, 0.717) is 30.2 Å². The van der Waals surface area contributed by atoms with E-state index in [-0.39, 0.29) is 11.6 Å². The van der Waals surface area contributed by atoms with Crippen LogP contribution < -0.4 is 0 Å². The van der Waals surface area contributed by atoms with Gasteiger partial charge in [0.1, 0.15) is 5.69 Å². The molecular formula is C27H24N4O3. The zero-order valence-electron chi connectivity index (χ0n) is 19.1. The molecule has 1 aromatic heterocycles. The monoisotopic (exact) mass is 452 g/mol. The van der Waals surface area contributed by atoms with Gasteiger partial charge in [-0.15, -0.1) is 0 Å². The highest BCUT2D eigenvalue weighted by Crippen LogP contribution is 2.27. The standard InChI is InChI=1S/C27H24N4O3/c1-18-10-11-21(14-19(18)2)25-16-26(30(28-25)23-8-5-9-24(15-23)31(33)34)27(32)29-13-12-20-6-3-4-7-22(20)17-29/h3-11,14-16H,12-13,17H2,1-2H3. The number of nitro groups is 1. The molecule has 0 aliphatic carbocycles. The molecule has 0 spiro atoms. The van der Waals surface area contributed by atoms with Gasteiger partial charge in [0.2, 0.25) is 0 Å². The Bertz CT molecular complexity index is 1420. The van der Waals surface area contributed by atoms with Crippen molar-refractivity contribution in [1.29, 1.82) is 0 Å². The van der Waals surface area contributed by atoms with E-state index < -0.39 is 4.92 Å². The van der Waals surface area contributed by atoms with Crippen LogP contribution >= 0.6 is 0 Å². The van der Waals surface area contributed by atoms with Crippen LogP contribution in [0.5, 0.6) is 0 Å². The van der Waals surface area contributed by atoms with Crippen molar-refractivity contribution >= 4 is 11.6 Å². The smallest absolute Gasteiger partial charge is 0.272 e. The number of fused-ring (bicyclic) bond motifs is 1. The van der Waals surface area contributed by atoms with Gasteiger partial charge in [0, 0.05) is 30.8 Å². The fourth-order valence-electron chi connectivity index (χ4n) is 4.34. The molecular weight excluding hydrogens is 428 g/mol.